The van der Waals surface area contributed by atoms with Crippen LogP contribution in [0.2, 0.25) is 0 Å². The molecule has 0 aliphatic carbocycles. The van der Waals surface area contributed by atoms with Gasteiger partial charge in [-0.2, -0.15) is 0 Å². The van der Waals surface area contributed by atoms with Crippen LogP contribution in [0.1, 0.15) is 62.3 Å². The zero-order valence-electron chi connectivity index (χ0n) is 27.6. The minimum Gasteiger partial charge on any atom is -0.463 e. The van der Waals surface area contributed by atoms with Crippen LogP contribution in [-0.4, -0.2) is 121 Å². The first kappa shape index (κ1) is 39.7. The number of rotatable bonds is 13. The van der Waals surface area contributed by atoms with Gasteiger partial charge in [-0.1, -0.05) is 0 Å². The second-order valence-corrected chi connectivity index (χ2v) is 12.1. The largest absolute Gasteiger partial charge is 0.463 e. The molecule has 0 radical (unpaired) electrons. The fourth-order valence-electron chi connectivity index (χ4n) is 4.85. The minimum absolute atomic E-state index is 0.409. The predicted octanol–water partition coefficient (Wildman–Crippen LogP) is 0.748. The van der Waals surface area contributed by atoms with E-state index in [1.165, 1.54) is 0 Å². The summed E-state index contributed by atoms with van der Waals surface area (Å²) in [5.41, 5.74) is -1.36. The van der Waals surface area contributed by atoms with Gasteiger partial charge in [0.2, 0.25) is 0 Å². The van der Waals surface area contributed by atoms with Crippen LogP contribution in [0.4, 0.5) is 0 Å². The molecule has 0 bridgehead atoms. The molecule has 0 aromatic carbocycles. The van der Waals surface area contributed by atoms with Gasteiger partial charge in [-0.3, -0.25) is 33.6 Å². The maximum atomic E-state index is 12.4. The van der Waals surface area contributed by atoms with Gasteiger partial charge in [-0.15, -0.1) is 11.8 Å². The lowest BCUT2D eigenvalue weighted by Gasteiger charge is -2.48. The summed E-state index contributed by atoms with van der Waals surface area (Å²) in [5, 5.41) is -1.15. The lowest BCUT2D eigenvalue weighted by Crippen LogP contribution is -2.64. The Morgan fingerprint density at radius 3 is 1.38 bits per heavy atom. The number of esters is 7. The SMILES string of the molecule is CC(=O)OC[C@H]1O[C@@H](S[C@@H]2[C@@H](OC(C)=O)[C@@H](OC(C)C)O[C@H](COC(C)=O)[C@H]2OC(C)=O)[C@H](OC(C)=O)[C@@H](OC(C)=O)[C@H]1OC(C)=O. The molecule has 2 aliphatic heterocycles. The summed E-state index contributed by atoms with van der Waals surface area (Å²) in [7, 11) is 0. The van der Waals surface area contributed by atoms with Crippen molar-refractivity contribution < 1.29 is 80.9 Å². The molecule has 0 aromatic heterocycles. The summed E-state index contributed by atoms with van der Waals surface area (Å²) >= 11 is 0.824. The van der Waals surface area contributed by atoms with Crippen molar-refractivity contribution in [2.75, 3.05) is 13.2 Å². The van der Waals surface area contributed by atoms with E-state index >= 15 is 0 Å². The average molecular weight is 695 g/mol. The maximum Gasteiger partial charge on any atom is 0.303 e. The third kappa shape index (κ3) is 12.6. The molecule has 0 amide bonds. The number of thioether (sulfide) groups is 1. The number of ether oxygens (including phenoxy) is 10. The van der Waals surface area contributed by atoms with E-state index in [4.69, 9.17) is 47.4 Å². The molecule has 0 saturated carbocycles. The zero-order valence-corrected chi connectivity index (χ0v) is 28.4. The van der Waals surface area contributed by atoms with Crippen LogP contribution in [0.15, 0.2) is 0 Å². The van der Waals surface area contributed by atoms with Crippen molar-refractivity contribution >= 4 is 53.5 Å². The quantitative estimate of drug-likeness (QED) is 0.192. The lowest BCUT2D eigenvalue weighted by molar-refractivity contribution is -0.283. The standard InChI is InChI=1S/C29H42O17S/c1-12(2)39-28-26(44-19(9)36)27(23(41-16(6)33)21(45-28)11-38-14(4)31)47-29-25(43-18(8)35)24(42-17(7)34)22(40-15(5)32)20(46-29)10-37-13(3)30/h12,20-29H,10-11H2,1-9H3/t20-,21-,22+,23-,24+,25-,26-,27+,28+,29+/m1/s1. The van der Waals surface area contributed by atoms with Gasteiger partial charge in [-0.25, -0.2) is 0 Å². The summed E-state index contributed by atoms with van der Waals surface area (Å²) in [4.78, 5) is 85.0. The van der Waals surface area contributed by atoms with Gasteiger partial charge in [0.15, 0.2) is 30.7 Å². The molecule has 2 heterocycles. The van der Waals surface area contributed by atoms with Gasteiger partial charge in [0.05, 0.1) is 11.4 Å². The highest BCUT2D eigenvalue weighted by molar-refractivity contribution is 8.00. The molecule has 17 nitrogen and oxygen atoms in total. The van der Waals surface area contributed by atoms with Crippen LogP contribution in [0.3, 0.4) is 0 Å². The molecular formula is C29H42O17S. The average Bonchev–Trinajstić information content (AvgIpc) is 2.91. The first-order chi connectivity index (χ1) is 21.9. The van der Waals surface area contributed by atoms with Crippen molar-refractivity contribution in [3.63, 3.8) is 0 Å². The summed E-state index contributed by atoms with van der Waals surface area (Å²) in [6, 6.07) is 0. The maximum absolute atomic E-state index is 12.4. The van der Waals surface area contributed by atoms with Crippen molar-refractivity contribution in [2.24, 2.45) is 0 Å². The van der Waals surface area contributed by atoms with Crippen LogP contribution >= 0.6 is 11.8 Å². The van der Waals surface area contributed by atoms with Crippen LogP contribution in [-0.2, 0) is 80.9 Å². The van der Waals surface area contributed by atoms with E-state index in [2.05, 4.69) is 0 Å². The first-order valence-electron chi connectivity index (χ1n) is 14.6. The molecule has 0 spiro atoms. The van der Waals surface area contributed by atoms with E-state index in [0.717, 1.165) is 60.2 Å². The Bertz CT molecular complexity index is 1160. The smallest absolute Gasteiger partial charge is 0.303 e. The topological polar surface area (TPSA) is 212 Å². The summed E-state index contributed by atoms with van der Waals surface area (Å²) in [5.74, 6) is -5.40. The zero-order chi connectivity index (χ0) is 35.6. The van der Waals surface area contributed by atoms with E-state index in [9.17, 15) is 33.6 Å². The molecular weight excluding hydrogens is 652 g/mol. The van der Waals surface area contributed by atoms with Crippen molar-refractivity contribution in [3.8, 4) is 0 Å². The molecule has 266 valence electrons. The first-order valence-corrected chi connectivity index (χ1v) is 15.6. The van der Waals surface area contributed by atoms with E-state index in [1.54, 1.807) is 13.8 Å². The fraction of sp³-hybridized carbons (Fsp3) is 0.759. The molecule has 47 heavy (non-hydrogen) atoms. The highest BCUT2D eigenvalue weighted by atomic mass is 32.2. The highest BCUT2D eigenvalue weighted by Crippen LogP contribution is 2.42. The van der Waals surface area contributed by atoms with E-state index in [1.807, 2.05) is 0 Å². The molecule has 2 fully saturated rings. The van der Waals surface area contributed by atoms with Gasteiger partial charge in [-0.05, 0) is 13.8 Å². The highest BCUT2D eigenvalue weighted by Gasteiger charge is 2.57. The van der Waals surface area contributed by atoms with Crippen molar-refractivity contribution in [3.05, 3.63) is 0 Å². The summed E-state index contributed by atoms with van der Waals surface area (Å²) in [6.45, 7) is 10.3. The van der Waals surface area contributed by atoms with Crippen LogP contribution in [0.25, 0.3) is 0 Å². The Balaban J connectivity index is 2.75. The monoisotopic (exact) mass is 694 g/mol. The normalized spacial score (nSPS) is 30.3. The number of carbonyl (C=O) groups excluding carboxylic acids is 7. The fourth-order valence-corrected chi connectivity index (χ4v) is 6.46. The van der Waals surface area contributed by atoms with E-state index < -0.39 is 121 Å². The number of hydrogen-bond donors (Lipinski definition) is 0. The van der Waals surface area contributed by atoms with Crippen LogP contribution in [0.5, 0.6) is 0 Å². The molecule has 2 aliphatic rings. The Morgan fingerprint density at radius 1 is 0.532 bits per heavy atom. The molecule has 0 N–H and O–H groups in total. The molecule has 18 heteroatoms. The molecule has 0 unspecified atom stereocenters. The van der Waals surface area contributed by atoms with Crippen LogP contribution < -0.4 is 0 Å². The summed E-state index contributed by atoms with van der Waals surface area (Å²) in [6.07, 6.45) is -11.3. The molecule has 10 atom stereocenters. The predicted molar refractivity (Wildman–Crippen MR) is 156 cm³/mol. The van der Waals surface area contributed by atoms with Gasteiger partial charge in [0, 0.05) is 48.5 Å². The molecule has 2 saturated heterocycles. The molecule has 0 aromatic rings. The number of hydrogen-bond acceptors (Lipinski definition) is 18. The third-order valence-corrected chi connectivity index (χ3v) is 7.79. The van der Waals surface area contributed by atoms with Gasteiger partial charge in [0.1, 0.15) is 37.0 Å². The van der Waals surface area contributed by atoms with Crippen molar-refractivity contribution in [2.45, 2.75) is 128 Å². The van der Waals surface area contributed by atoms with Gasteiger partial charge >= 0.3 is 41.8 Å². The second kappa shape index (κ2) is 18.2. The molecule has 2 rings (SSSR count). The van der Waals surface area contributed by atoms with E-state index in [-0.39, 0.29) is 0 Å². The Morgan fingerprint density at radius 2 is 0.936 bits per heavy atom. The van der Waals surface area contributed by atoms with Crippen molar-refractivity contribution in [1.29, 1.82) is 0 Å². The Hall–Kier alpha value is -3.48. The summed E-state index contributed by atoms with van der Waals surface area (Å²) < 4.78 is 56.3. The Labute approximate surface area is 275 Å². The van der Waals surface area contributed by atoms with Crippen molar-refractivity contribution in [1.82, 2.24) is 0 Å². The third-order valence-electron chi connectivity index (χ3n) is 6.29. The lowest BCUT2D eigenvalue weighted by atomic mass is 9.99. The Kier molecular flexibility index (Phi) is 15.3. The van der Waals surface area contributed by atoms with E-state index in [0.29, 0.717) is 0 Å². The van der Waals surface area contributed by atoms with Gasteiger partial charge in [0.25, 0.3) is 0 Å². The number of carbonyl (C=O) groups is 7. The van der Waals surface area contributed by atoms with Crippen LogP contribution in [0, 0.1) is 0 Å². The van der Waals surface area contributed by atoms with Gasteiger partial charge < -0.3 is 47.4 Å². The minimum atomic E-state index is -1.49. The second-order valence-electron chi connectivity index (χ2n) is 10.8.